The molecule has 1 aromatic rings. The summed E-state index contributed by atoms with van der Waals surface area (Å²) < 4.78 is 16.4. The van der Waals surface area contributed by atoms with Crippen LogP contribution in [0, 0.1) is 0 Å². The Hall–Kier alpha value is -1.26. The predicted molar refractivity (Wildman–Crippen MR) is 67.8 cm³/mol. The average Bonchev–Trinajstić information content (AvgIpc) is 3.00. The molecule has 1 aromatic carbocycles. The lowest BCUT2D eigenvalue weighted by Gasteiger charge is -2.22. The van der Waals surface area contributed by atoms with Crippen molar-refractivity contribution in [1.82, 2.24) is 0 Å². The molecule has 0 bridgehead atoms. The summed E-state index contributed by atoms with van der Waals surface area (Å²) in [6, 6.07) is 4.33. The van der Waals surface area contributed by atoms with Crippen molar-refractivity contribution in [3.8, 4) is 11.5 Å². The van der Waals surface area contributed by atoms with Crippen LogP contribution in [0.1, 0.15) is 30.9 Å². The quantitative estimate of drug-likeness (QED) is 0.886. The fourth-order valence-electron chi connectivity index (χ4n) is 2.82. The zero-order chi connectivity index (χ0) is 12.8. The van der Waals surface area contributed by atoms with Gasteiger partial charge in [-0.15, -0.1) is 0 Å². The van der Waals surface area contributed by atoms with Gasteiger partial charge in [0.1, 0.15) is 0 Å². The molecule has 1 aliphatic carbocycles. The van der Waals surface area contributed by atoms with Gasteiger partial charge in [-0.3, -0.25) is 0 Å². The Morgan fingerprint density at radius 1 is 1.33 bits per heavy atom. The second kappa shape index (κ2) is 4.14. The summed E-state index contributed by atoms with van der Waals surface area (Å²) >= 11 is 0. The van der Waals surface area contributed by atoms with Crippen molar-refractivity contribution in [2.75, 3.05) is 13.9 Å². The van der Waals surface area contributed by atoms with Gasteiger partial charge in [-0.05, 0) is 19.8 Å². The van der Waals surface area contributed by atoms with Crippen molar-refractivity contribution in [1.29, 1.82) is 0 Å². The zero-order valence-corrected chi connectivity index (χ0v) is 10.9. The fourth-order valence-corrected chi connectivity index (χ4v) is 2.82. The highest BCUT2D eigenvalue weighted by molar-refractivity contribution is 5.57. The van der Waals surface area contributed by atoms with Gasteiger partial charge in [-0.2, -0.15) is 0 Å². The van der Waals surface area contributed by atoms with E-state index in [1.165, 1.54) is 5.56 Å². The van der Waals surface area contributed by atoms with E-state index in [0.717, 1.165) is 29.9 Å². The summed E-state index contributed by atoms with van der Waals surface area (Å²) in [6.07, 6.45) is 2.26. The number of methoxy groups -OCH3 is 1. The van der Waals surface area contributed by atoms with Crippen molar-refractivity contribution < 1.29 is 14.2 Å². The van der Waals surface area contributed by atoms with E-state index in [4.69, 9.17) is 19.9 Å². The smallest absolute Gasteiger partial charge is 0.231 e. The molecule has 1 heterocycles. The van der Waals surface area contributed by atoms with Gasteiger partial charge in [0, 0.05) is 29.7 Å². The maximum atomic E-state index is 6.13. The Morgan fingerprint density at radius 2 is 2.06 bits per heavy atom. The molecular weight excluding hydrogens is 230 g/mol. The van der Waals surface area contributed by atoms with Gasteiger partial charge in [-0.1, -0.05) is 12.1 Å². The molecule has 1 unspecified atom stereocenters. The summed E-state index contributed by atoms with van der Waals surface area (Å²) in [5.74, 6) is 1.71. The first kappa shape index (κ1) is 11.8. The van der Waals surface area contributed by atoms with Crippen LogP contribution in [0.25, 0.3) is 0 Å². The average molecular weight is 249 g/mol. The highest BCUT2D eigenvalue weighted by Crippen LogP contribution is 2.56. The molecule has 1 saturated carbocycles. The van der Waals surface area contributed by atoms with Crippen LogP contribution in [-0.2, 0) is 16.8 Å². The first-order chi connectivity index (χ1) is 8.69. The maximum absolute atomic E-state index is 6.13. The molecule has 2 N–H and O–H groups in total. The first-order valence-electron chi connectivity index (χ1n) is 6.35. The molecular formula is C14H19NO3. The van der Waals surface area contributed by atoms with E-state index in [1.807, 2.05) is 0 Å². The van der Waals surface area contributed by atoms with Crippen LogP contribution in [-0.4, -0.2) is 19.9 Å². The third-order valence-electron chi connectivity index (χ3n) is 4.10. The topological polar surface area (TPSA) is 53.7 Å². The Labute approximate surface area is 107 Å². The Morgan fingerprint density at radius 3 is 2.67 bits per heavy atom. The van der Waals surface area contributed by atoms with Gasteiger partial charge in [0.05, 0.1) is 6.61 Å². The largest absolute Gasteiger partial charge is 0.453 e. The zero-order valence-electron chi connectivity index (χ0n) is 10.9. The van der Waals surface area contributed by atoms with Crippen LogP contribution >= 0.6 is 0 Å². The van der Waals surface area contributed by atoms with E-state index in [0.29, 0.717) is 6.61 Å². The van der Waals surface area contributed by atoms with Gasteiger partial charge in [0.2, 0.25) is 6.79 Å². The third kappa shape index (κ3) is 1.60. The number of nitrogens with two attached hydrogens (primary N) is 1. The molecule has 4 nitrogen and oxygen atoms in total. The van der Waals surface area contributed by atoms with E-state index in [2.05, 4.69) is 19.1 Å². The molecule has 0 saturated heterocycles. The Kier molecular flexibility index (Phi) is 2.72. The van der Waals surface area contributed by atoms with Crippen LogP contribution in [0.2, 0.25) is 0 Å². The molecule has 3 rings (SSSR count). The van der Waals surface area contributed by atoms with E-state index < -0.39 is 0 Å². The normalized spacial score (nSPS) is 20.8. The van der Waals surface area contributed by atoms with Crippen molar-refractivity contribution in [2.24, 2.45) is 5.73 Å². The number of hydrogen-bond donors (Lipinski definition) is 1. The highest BCUT2D eigenvalue weighted by atomic mass is 16.7. The van der Waals surface area contributed by atoms with Crippen LogP contribution in [0.5, 0.6) is 11.5 Å². The van der Waals surface area contributed by atoms with Gasteiger partial charge in [0.25, 0.3) is 0 Å². The van der Waals surface area contributed by atoms with Crippen LogP contribution in [0.3, 0.4) is 0 Å². The number of hydrogen-bond acceptors (Lipinski definition) is 4. The number of benzene rings is 1. The minimum absolute atomic E-state index is 0.0867. The van der Waals surface area contributed by atoms with Crippen LogP contribution in [0.4, 0.5) is 0 Å². The molecule has 1 atom stereocenters. The lowest BCUT2D eigenvalue weighted by molar-refractivity contribution is 0.162. The highest BCUT2D eigenvalue weighted by Gasteiger charge is 2.50. The van der Waals surface area contributed by atoms with Crippen molar-refractivity contribution in [3.05, 3.63) is 23.3 Å². The molecule has 0 radical (unpaired) electrons. The lowest BCUT2D eigenvalue weighted by atomic mass is 9.88. The van der Waals surface area contributed by atoms with Gasteiger partial charge >= 0.3 is 0 Å². The number of rotatable bonds is 4. The van der Waals surface area contributed by atoms with E-state index in [1.54, 1.807) is 7.11 Å². The molecule has 0 amide bonds. The van der Waals surface area contributed by atoms with E-state index in [-0.39, 0.29) is 18.2 Å². The predicted octanol–water partition coefficient (Wildman–Crippen LogP) is 1.94. The van der Waals surface area contributed by atoms with Gasteiger partial charge < -0.3 is 19.9 Å². The summed E-state index contributed by atoms with van der Waals surface area (Å²) in [7, 11) is 1.68. The van der Waals surface area contributed by atoms with Crippen LogP contribution < -0.4 is 15.2 Å². The molecule has 1 fully saturated rings. The van der Waals surface area contributed by atoms with Crippen LogP contribution in [0.15, 0.2) is 12.1 Å². The van der Waals surface area contributed by atoms with Gasteiger partial charge in [-0.25, -0.2) is 0 Å². The minimum atomic E-state index is 0.0867. The standard InChI is InChI=1S/C14H19NO3/c1-9(15)14(5-6-14)11-4-3-10(7-16-2)12-13(11)18-8-17-12/h3-4,9H,5-8,15H2,1-2H3. The van der Waals surface area contributed by atoms with Crippen molar-refractivity contribution in [2.45, 2.75) is 37.8 Å². The molecule has 18 heavy (non-hydrogen) atoms. The molecule has 0 spiro atoms. The second-order valence-electron chi connectivity index (χ2n) is 5.21. The molecule has 2 aliphatic rings. The Bertz CT molecular complexity index is 466. The summed E-state index contributed by atoms with van der Waals surface area (Å²) in [5.41, 5.74) is 8.46. The number of fused-ring (bicyclic) bond motifs is 1. The maximum Gasteiger partial charge on any atom is 0.231 e. The van der Waals surface area contributed by atoms with Gasteiger partial charge in [0.15, 0.2) is 11.5 Å². The molecule has 4 heteroatoms. The third-order valence-corrected chi connectivity index (χ3v) is 4.10. The van der Waals surface area contributed by atoms with E-state index in [9.17, 15) is 0 Å². The molecule has 0 aromatic heterocycles. The fraction of sp³-hybridized carbons (Fsp3) is 0.571. The lowest BCUT2D eigenvalue weighted by Crippen LogP contribution is -2.31. The second-order valence-corrected chi connectivity index (χ2v) is 5.21. The van der Waals surface area contributed by atoms with E-state index >= 15 is 0 Å². The summed E-state index contributed by atoms with van der Waals surface area (Å²) in [4.78, 5) is 0. The summed E-state index contributed by atoms with van der Waals surface area (Å²) in [6.45, 7) is 2.90. The SMILES string of the molecule is COCc1ccc(C2(C(C)N)CC2)c2c1OCO2. The molecule has 1 aliphatic heterocycles. The number of ether oxygens (including phenoxy) is 3. The minimum Gasteiger partial charge on any atom is -0.453 e. The molecule has 98 valence electrons. The monoisotopic (exact) mass is 249 g/mol. The van der Waals surface area contributed by atoms with Crippen molar-refractivity contribution >= 4 is 0 Å². The Balaban J connectivity index is 2.05. The first-order valence-corrected chi connectivity index (χ1v) is 6.35. The van der Waals surface area contributed by atoms with Crippen molar-refractivity contribution in [3.63, 3.8) is 0 Å². The summed E-state index contributed by atoms with van der Waals surface area (Å²) in [5, 5.41) is 0.